The number of para-hydroxylation sites is 1. The molecule has 16 nitrogen and oxygen atoms in total. The van der Waals surface area contributed by atoms with Crippen LogP contribution < -0.4 is 0 Å². The summed E-state index contributed by atoms with van der Waals surface area (Å²) in [6.07, 6.45) is 14.6. The van der Waals surface area contributed by atoms with Gasteiger partial charge < -0.3 is 45.8 Å². The van der Waals surface area contributed by atoms with Gasteiger partial charge in [-0.15, -0.1) is 0 Å². The lowest BCUT2D eigenvalue weighted by molar-refractivity contribution is 0.864. The van der Waals surface area contributed by atoms with Gasteiger partial charge in [-0.05, 0) is 145 Å². The highest BCUT2D eigenvalue weighted by molar-refractivity contribution is 5.95. The minimum Gasteiger partial charge on any atom is -0.357 e. The molecule has 0 aliphatic rings. The van der Waals surface area contributed by atoms with Crippen LogP contribution in [0.4, 0.5) is 0 Å². The molecule has 84 heavy (non-hydrogen) atoms. The van der Waals surface area contributed by atoms with Crippen LogP contribution >= 0.6 is 0 Å². The van der Waals surface area contributed by atoms with Gasteiger partial charge in [0, 0.05) is 122 Å². The van der Waals surface area contributed by atoms with Crippen LogP contribution in [0.2, 0.25) is 0 Å². The summed E-state index contributed by atoms with van der Waals surface area (Å²) in [7, 11) is 8.20. The Kier molecular flexibility index (Phi) is 14.6. The third-order valence-electron chi connectivity index (χ3n) is 15.8. The summed E-state index contributed by atoms with van der Waals surface area (Å²) in [5.74, 6) is 1.97. The van der Waals surface area contributed by atoms with E-state index >= 15 is 0 Å². The van der Waals surface area contributed by atoms with E-state index in [2.05, 4.69) is 242 Å². The quantitative estimate of drug-likeness (QED) is 0.157. The van der Waals surface area contributed by atoms with Gasteiger partial charge >= 0.3 is 0 Å². The fourth-order valence-corrected chi connectivity index (χ4v) is 11.2. The topological polar surface area (TPSA) is 129 Å². The normalized spacial score (nSPS) is 11.3. The lowest BCUT2D eigenvalue weighted by Gasteiger charge is -1.97. The van der Waals surface area contributed by atoms with Crippen LogP contribution in [0.15, 0.2) is 195 Å². The van der Waals surface area contributed by atoms with E-state index in [1.54, 1.807) is 0 Å². The van der Waals surface area contributed by atoms with Crippen molar-refractivity contribution in [2.75, 3.05) is 0 Å². The van der Waals surface area contributed by atoms with Crippen molar-refractivity contribution >= 4 is 100.0 Å². The van der Waals surface area contributed by atoms with Crippen molar-refractivity contribution in [3.8, 4) is 0 Å². The number of aromatic nitrogens is 16. The highest BCUT2D eigenvalue weighted by atomic mass is 15.2. The van der Waals surface area contributed by atoms with Gasteiger partial charge in [-0.3, -0.25) is 8.80 Å². The van der Waals surface area contributed by atoms with E-state index in [1.165, 1.54) is 88.8 Å². The first-order valence-electron chi connectivity index (χ1n) is 27.4. The smallest absolute Gasteiger partial charge is 0.198 e. The number of rotatable bonds is 0. The SMILES string of the molecule is C.C.Cc1cc2c(cc3ccccn32)n1C.Cc1cc2cc3ccccn3c2[nH]1.Cc1cc2cn3ccccc3c2[nH]1.Cc1cn2c3ccccc3cc2n1C.Cc1nc2c(nc3ccccn32)n1C.Cc1nc2nc3ccccn3c2n1C. The van der Waals surface area contributed by atoms with Crippen LogP contribution in [0.3, 0.4) is 0 Å². The van der Waals surface area contributed by atoms with Gasteiger partial charge in [-0.2, -0.15) is 0 Å². The highest BCUT2D eigenvalue weighted by Crippen LogP contribution is 2.26. The third kappa shape index (κ3) is 9.70. The Balaban J connectivity index is 0.000000105. The van der Waals surface area contributed by atoms with E-state index < -0.39 is 0 Å². The van der Waals surface area contributed by atoms with E-state index in [0.29, 0.717) is 0 Å². The number of nitrogens with zero attached hydrogens (tertiary/aromatic N) is 14. The van der Waals surface area contributed by atoms with Crippen molar-refractivity contribution in [3.63, 3.8) is 0 Å². The number of H-pyrrole nitrogens is 2. The van der Waals surface area contributed by atoms with Crippen LogP contribution in [-0.4, -0.2) is 74.6 Å². The molecule has 0 radical (unpaired) electrons. The molecule has 0 aliphatic carbocycles. The third-order valence-corrected chi connectivity index (χ3v) is 15.8. The first kappa shape index (κ1) is 55.4. The second kappa shape index (κ2) is 22.1. The lowest BCUT2D eigenvalue weighted by Crippen LogP contribution is -1.95. The van der Waals surface area contributed by atoms with Crippen LogP contribution in [0.1, 0.15) is 49.3 Å². The molecular formula is C68H72N16. The molecule has 1 aromatic carbocycles. The maximum Gasteiger partial charge on any atom is 0.198 e. The Morgan fingerprint density at radius 1 is 0.381 bits per heavy atom. The Morgan fingerprint density at radius 2 is 0.988 bits per heavy atom. The predicted octanol–water partition coefficient (Wildman–Crippen LogP) is 15.3. The molecule has 424 valence electrons. The molecule has 0 saturated heterocycles. The summed E-state index contributed by atoms with van der Waals surface area (Å²) >= 11 is 0. The van der Waals surface area contributed by atoms with Crippen LogP contribution in [0.5, 0.6) is 0 Å². The Labute approximate surface area is 486 Å². The van der Waals surface area contributed by atoms with E-state index in [4.69, 9.17) is 0 Å². The van der Waals surface area contributed by atoms with E-state index in [-0.39, 0.29) is 14.9 Å². The molecule has 18 rings (SSSR count). The number of imidazole rings is 5. The van der Waals surface area contributed by atoms with E-state index in [0.717, 1.165) is 45.5 Å². The van der Waals surface area contributed by atoms with Crippen molar-refractivity contribution in [3.05, 3.63) is 229 Å². The minimum absolute atomic E-state index is 0. The number of fused-ring (bicyclic) bond motifs is 18. The zero-order valence-corrected chi connectivity index (χ0v) is 47.7. The molecule has 17 aromatic heterocycles. The average Bonchev–Trinajstić information content (AvgIpc) is 4.15. The predicted molar refractivity (Wildman–Crippen MR) is 347 cm³/mol. The van der Waals surface area contributed by atoms with E-state index in [1.807, 2.05) is 97.8 Å². The summed E-state index contributed by atoms with van der Waals surface area (Å²) < 4.78 is 21.3. The second-order valence-electron chi connectivity index (χ2n) is 21.1. The van der Waals surface area contributed by atoms with Crippen molar-refractivity contribution in [1.82, 2.24) is 74.6 Å². The van der Waals surface area contributed by atoms with Crippen LogP contribution in [0.25, 0.3) is 100.0 Å². The first-order chi connectivity index (χ1) is 39.8. The van der Waals surface area contributed by atoms with Crippen molar-refractivity contribution in [2.45, 2.75) is 56.4 Å². The Hall–Kier alpha value is -10.5. The largest absolute Gasteiger partial charge is 0.357 e. The van der Waals surface area contributed by atoms with E-state index in [9.17, 15) is 0 Å². The first-order valence-corrected chi connectivity index (χ1v) is 27.4. The fourth-order valence-electron chi connectivity index (χ4n) is 11.2. The summed E-state index contributed by atoms with van der Waals surface area (Å²) in [6.45, 7) is 12.4. The molecular weight excluding hydrogens is 1040 g/mol. The number of hydrogen-bond acceptors (Lipinski definition) is 4. The number of hydrogen-bond donors (Lipinski definition) is 2. The van der Waals surface area contributed by atoms with Crippen LogP contribution in [0, 0.1) is 41.5 Å². The zero-order valence-electron chi connectivity index (χ0n) is 47.7. The molecule has 0 fully saturated rings. The lowest BCUT2D eigenvalue weighted by atomic mass is 10.2. The second-order valence-corrected chi connectivity index (χ2v) is 21.1. The van der Waals surface area contributed by atoms with Crippen LogP contribution in [-0.2, 0) is 28.2 Å². The standard InChI is InChI=1S/2C12H12N2.2C11H10N2.2C10H10N4.2CH4/c1-9-8-14-11-6-4-3-5-10(11)7-12(14)13(9)2;1-9-7-12-11(13(9)2)8-10-5-3-4-6-14(10)12;1-8-6-9-7-13-5-3-2-4-10(13)11(9)12-8;1-8-6-9-7-10-4-2-3-5-13(10)11(9)12-8;1-7-11-10-9(13(7)2)12-8-5-3-4-6-14(8)10;1-7-11-9-10(13(7)2)14-6-4-3-5-8(14)12-9;;/h2*3-8H,1-2H3;2*2-7,12H,1H3;2*3-6H,1-2H3;2*1H4. The molecule has 0 spiro atoms. The molecule has 0 aliphatic heterocycles. The van der Waals surface area contributed by atoms with Gasteiger partial charge in [0.15, 0.2) is 22.6 Å². The molecule has 17 heterocycles. The Bertz CT molecular complexity index is 4940. The molecule has 18 aromatic rings. The molecule has 16 heteroatoms. The number of aromatic amines is 2. The maximum atomic E-state index is 4.50. The number of benzene rings is 1. The Morgan fingerprint density at radius 3 is 1.76 bits per heavy atom. The highest BCUT2D eigenvalue weighted by Gasteiger charge is 2.13. The average molecular weight is 1110 g/mol. The number of aryl methyl sites for hydroxylation is 10. The summed E-state index contributed by atoms with van der Waals surface area (Å²) in [6, 6.07) is 52.3. The molecule has 0 saturated carbocycles. The molecule has 0 bridgehead atoms. The summed E-state index contributed by atoms with van der Waals surface area (Å²) in [5.41, 5.74) is 21.9. The van der Waals surface area contributed by atoms with Crippen molar-refractivity contribution in [1.29, 1.82) is 0 Å². The van der Waals surface area contributed by atoms with Gasteiger partial charge in [-0.25, -0.2) is 19.9 Å². The fraction of sp³-hybridized carbons (Fsp3) is 0.176. The van der Waals surface area contributed by atoms with Gasteiger partial charge in [-0.1, -0.05) is 63.4 Å². The monoisotopic (exact) mass is 1110 g/mol. The van der Waals surface area contributed by atoms with Gasteiger partial charge in [0.2, 0.25) is 0 Å². The maximum absolute atomic E-state index is 4.50. The van der Waals surface area contributed by atoms with Crippen molar-refractivity contribution in [2.24, 2.45) is 28.2 Å². The van der Waals surface area contributed by atoms with Gasteiger partial charge in [0.1, 0.15) is 34.2 Å². The molecule has 0 atom stereocenters. The molecule has 2 N–H and O–H groups in total. The van der Waals surface area contributed by atoms with Gasteiger partial charge in [0.25, 0.3) is 0 Å². The number of pyridine rings is 5. The summed E-state index contributed by atoms with van der Waals surface area (Å²) in [5, 5.41) is 3.87. The zero-order chi connectivity index (χ0) is 56.5. The van der Waals surface area contributed by atoms with Crippen molar-refractivity contribution < 1.29 is 0 Å². The molecule has 0 unspecified atom stereocenters. The summed E-state index contributed by atoms with van der Waals surface area (Å²) in [4.78, 5) is 24.5. The number of nitrogens with one attached hydrogen (secondary N) is 2. The van der Waals surface area contributed by atoms with Gasteiger partial charge in [0.05, 0.1) is 27.6 Å². The minimum atomic E-state index is 0. The molecule has 0 amide bonds.